The average molecular weight is 203 g/mol. The van der Waals surface area contributed by atoms with Crippen LogP contribution < -0.4 is 5.32 Å². The van der Waals surface area contributed by atoms with Crippen LogP contribution in [-0.2, 0) is 0 Å². The number of anilines is 1. The lowest BCUT2D eigenvalue weighted by Gasteiger charge is -2.29. The fraction of sp³-hybridized carbons (Fsp3) is 0.571. The van der Waals surface area contributed by atoms with E-state index in [1.807, 2.05) is 0 Å². The van der Waals surface area contributed by atoms with Gasteiger partial charge in [-0.3, -0.25) is 0 Å². The van der Waals surface area contributed by atoms with Gasteiger partial charge in [-0.15, -0.1) is 0 Å². The zero-order chi connectivity index (χ0) is 10.5. The van der Waals surface area contributed by atoms with E-state index in [9.17, 15) is 0 Å². The summed E-state index contributed by atoms with van der Waals surface area (Å²) in [6, 6.07) is 11.2. The van der Waals surface area contributed by atoms with Gasteiger partial charge in [0.1, 0.15) is 0 Å². The van der Waals surface area contributed by atoms with Gasteiger partial charge < -0.3 is 5.32 Å². The maximum Gasteiger partial charge on any atom is 0.0342 e. The van der Waals surface area contributed by atoms with Crippen LogP contribution in [0.5, 0.6) is 0 Å². The minimum atomic E-state index is 0.618. The van der Waals surface area contributed by atoms with Gasteiger partial charge in [0.05, 0.1) is 0 Å². The lowest BCUT2D eigenvalue weighted by atomic mass is 9.84. The summed E-state index contributed by atoms with van der Waals surface area (Å²) in [4.78, 5) is 0. The summed E-state index contributed by atoms with van der Waals surface area (Å²) in [6.45, 7) is 2.32. The Bertz CT molecular complexity index is 275. The van der Waals surface area contributed by atoms with Crippen molar-refractivity contribution in [3.05, 3.63) is 30.3 Å². The second-order valence-corrected chi connectivity index (χ2v) is 4.70. The lowest BCUT2D eigenvalue weighted by Crippen LogP contribution is -2.27. The van der Waals surface area contributed by atoms with Gasteiger partial charge in [-0.05, 0) is 37.8 Å². The first-order valence-electron chi connectivity index (χ1n) is 6.18. The number of rotatable bonds is 3. The number of benzene rings is 1. The van der Waals surface area contributed by atoms with Crippen LogP contribution in [0.25, 0.3) is 0 Å². The highest BCUT2D eigenvalue weighted by molar-refractivity contribution is 5.43. The zero-order valence-electron chi connectivity index (χ0n) is 9.58. The van der Waals surface area contributed by atoms with Crippen molar-refractivity contribution < 1.29 is 0 Å². The van der Waals surface area contributed by atoms with Gasteiger partial charge in [0.15, 0.2) is 0 Å². The van der Waals surface area contributed by atoms with Crippen LogP contribution in [0.3, 0.4) is 0 Å². The van der Waals surface area contributed by atoms with E-state index < -0.39 is 0 Å². The van der Waals surface area contributed by atoms with Crippen molar-refractivity contribution in [1.82, 2.24) is 0 Å². The summed E-state index contributed by atoms with van der Waals surface area (Å²) < 4.78 is 0. The van der Waals surface area contributed by atoms with E-state index in [1.54, 1.807) is 0 Å². The Hall–Kier alpha value is -0.980. The fourth-order valence-corrected chi connectivity index (χ4v) is 2.55. The molecule has 0 amide bonds. The van der Waals surface area contributed by atoms with Crippen LogP contribution in [0.2, 0.25) is 0 Å². The molecule has 0 heterocycles. The van der Waals surface area contributed by atoms with Crippen LogP contribution in [0.15, 0.2) is 30.3 Å². The third-order valence-electron chi connectivity index (χ3n) is 3.53. The maximum atomic E-state index is 3.61. The molecule has 1 fully saturated rings. The Kier molecular flexibility index (Phi) is 3.65. The number of para-hydroxylation sites is 1. The summed E-state index contributed by atoms with van der Waals surface area (Å²) in [7, 11) is 0. The van der Waals surface area contributed by atoms with E-state index in [1.165, 1.54) is 37.8 Å². The van der Waals surface area contributed by atoms with E-state index in [-0.39, 0.29) is 0 Å². The third-order valence-corrected chi connectivity index (χ3v) is 3.53. The quantitative estimate of drug-likeness (QED) is 0.781. The third kappa shape index (κ3) is 2.98. The topological polar surface area (TPSA) is 12.0 Å². The van der Waals surface area contributed by atoms with Crippen molar-refractivity contribution in [2.24, 2.45) is 5.92 Å². The van der Waals surface area contributed by atoms with Gasteiger partial charge in [0.25, 0.3) is 0 Å². The van der Waals surface area contributed by atoms with Crippen molar-refractivity contribution in [2.75, 3.05) is 5.32 Å². The number of hydrogen-bond acceptors (Lipinski definition) is 1. The predicted octanol–water partition coefficient (Wildman–Crippen LogP) is 4.07. The van der Waals surface area contributed by atoms with Crippen molar-refractivity contribution in [1.29, 1.82) is 0 Å². The van der Waals surface area contributed by atoms with Crippen molar-refractivity contribution in [2.45, 2.75) is 45.1 Å². The molecule has 1 nitrogen and oxygen atoms in total. The number of hydrogen-bond donors (Lipinski definition) is 1. The van der Waals surface area contributed by atoms with Crippen LogP contribution >= 0.6 is 0 Å². The molecule has 0 saturated heterocycles. The Morgan fingerprint density at radius 3 is 2.40 bits per heavy atom. The first-order valence-corrected chi connectivity index (χ1v) is 6.18. The predicted molar refractivity (Wildman–Crippen MR) is 66.1 cm³/mol. The fourth-order valence-electron chi connectivity index (χ4n) is 2.55. The second-order valence-electron chi connectivity index (χ2n) is 4.70. The maximum absolute atomic E-state index is 3.61. The molecular weight excluding hydrogens is 182 g/mol. The molecule has 15 heavy (non-hydrogen) atoms. The molecule has 0 unspecified atom stereocenters. The molecule has 0 radical (unpaired) electrons. The monoisotopic (exact) mass is 203 g/mol. The minimum Gasteiger partial charge on any atom is -0.382 e. The molecule has 0 spiro atoms. The summed E-state index contributed by atoms with van der Waals surface area (Å²) in [5.41, 5.74) is 1.26. The molecule has 1 N–H and O–H groups in total. The standard InChI is InChI=1S/C14H21N/c1-12(13-8-4-2-5-9-13)15-14-10-6-3-7-11-14/h3,6-7,10-13,15H,2,4-5,8-9H2,1H3/t12-/m0/s1. The second kappa shape index (κ2) is 5.20. The van der Waals surface area contributed by atoms with E-state index in [2.05, 4.69) is 42.6 Å². The van der Waals surface area contributed by atoms with E-state index >= 15 is 0 Å². The minimum absolute atomic E-state index is 0.618. The summed E-state index contributed by atoms with van der Waals surface area (Å²) in [6.07, 6.45) is 7.09. The SMILES string of the molecule is C[C@H](Nc1ccccc1)C1CCCCC1. The summed E-state index contributed by atoms with van der Waals surface area (Å²) in [5, 5.41) is 3.61. The van der Waals surface area contributed by atoms with Gasteiger partial charge in [0, 0.05) is 11.7 Å². The van der Waals surface area contributed by atoms with Crippen molar-refractivity contribution in [3.63, 3.8) is 0 Å². The zero-order valence-corrected chi connectivity index (χ0v) is 9.58. The summed E-state index contributed by atoms with van der Waals surface area (Å²) >= 11 is 0. The number of nitrogens with one attached hydrogen (secondary N) is 1. The molecule has 1 atom stereocenters. The van der Waals surface area contributed by atoms with Gasteiger partial charge in [-0.1, -0.05) is 37.5 Å². The molecule has 2 rings (SSSR count). The molecule has 1 aromatic carbocycles. The summed E-state index contributed by atoms with van der Waals surface area (Å²) in [5.74, 6) is 0.874. The van der Waals surface area contributed by atoms with Crippen LogP contribution in [0.1, 0.15) is 39.0 Å². The Morgan fingerprint density at radius 1 is 1.07 bits per heavy atom. The normalized spacial score (nSPS) is 19.8. The Morgan fingerprint density at radius 2 is 1.73 bits per heavy atom. The van der Waals surface area contributed by atoms with Crippen molar-refractivity contribution >= 4 is 5.69 Å². The smallest absolute Gasteiger partial charge is 0.0342 e. The highest BCUT2D eigenvalue weighted by atomic mass is 14.9. The van der Waals surface area contributed by atoms with Crippen LogP contribution in [0, 0.1) is 5.92 Å². The Labute approximate surface area is 92.9 Å². The van der Waals surface area contributed by atoms with Crippen LogP contribution in [-0.4, -0.2) is 6.04 Å². The Balaban J connectivity index is 1.88. The van der Waals surface area contributed by atoms with Gasteiger partial charge in [-0.25, -0.2) is 0 Å². The van der Waals surface area contributed by atoms with Gasteiger partial charge >= 0.3 is 0 Å². The molecule has 1 aliphatic rings. The van der Waals surface area contributed by atoms with Gasteiger partial charge in [-0.2, -0.15) is 0 Å². The van der Waals surface area contributed by atoms with E-state index in [0.29, 0.717) is 6.04 Å². The van der Waals surface area contributed by atoms with Crippen molar-refractivity contribution in [3.8, 4) is 0 Å². The van der Waals surface area contributed by atoms with E-state index in [4.69, 9.17) is 0 Å². The highest BCUT2D eigenvalue weighted by Crippen LogP contribution is 2.27. The molecule has 0 aliphatic heterocycles. The molecule has 1 aliphatic carbocycles. The molecule has 1 aromatic rings. The highest BCUT2D eigenvalue weighted by Gasteiger charge is 2.19. The average Bonchev–Trinajstić information content (AvgIpc) is 2.31. The van der Waals surface area contributed by atoms with Crippen LogP contribution in [0.4, 0.5) is 5.69 Å². The molecule has 1 saturated carbocycles. The first-order chi connectivity index (χ1) is 7.36. The first kappa shape index (κ1) is 10.5. The van der Waals surface area contributed by atoms with Gasteiger partial charge in [0.2, 0.25) is 0 Å². The molecule has 0 aromatic heterocycles. The molecule has 1 heteroatoms. The molecular formula is C14H21N. The molecule has 82 valence electrons. The molecule has 0 bridgehead atoms. The lowest BCUT2D eigenvalue weighted by molar-refractivity contribution is 0.328. The largest absolute Gasteiger partial charge is 0.382 e. The van der Waals surface area contributed by atoms with E-state index in [0.717, 1.165) is 5.92 Å².